The van der Waals surface area contributed by atoms with Gasteiger partial charge in [0.1, 0.15) is 34.1 Å². The second-order valence-electron chi connectivity index (χ2n) is 8.76. The van der Waals surface area contributed by atoms with E-state index in [1.807, 2.05) is 0 Å². The number of rotatable bonds is 13. The lowest BCUT2D eigenvalue weighted by molar-refractivity contribution is -0.134. The van der Waals surface area contributed by atoms with Gasteiger partial charge in [0, 0.05) is 24.6 Å². The van der Waals surface area contributed by atoms with Crippen LogP contribution in [0.5, 0.6) is 16.7 Å². The van der Waals surface area contributed by atoms with Crippen molar-refractivity contribution >= 4 is 44.8 Å². The molecule has 0 radical (unpaired) electrons. The van der Waals surface area contributed by atoms with Gasteiger partial charge >= 0.3 is 11.6 Å². The summed E-state index contributed by atoms with van der Waals surface area (Å²) in [5, 5.41) is 9.99. The number of Topliss-reactive ketones (excluding diaryl/α,β-unsaturated/α-hetero) is 1. The van der Waals surface area contributed by atoms with E-state index in [2.05, 4.69) is 9.72 Å². The Morgan fingerprint density at radius 3 is 2.57 bits per heavy atom. The average Bonchev–Trinajstić information content (AvgIpc) is 3.26. The Morgan fingerprint density at radius 1 is 1.24 bits per heavy atom. The topological polar surface area (TPSA) is 159 Å². The van der Waals surface area contributed by atoms with Crippen molar-refractivity contribution in [1.29, 1.82) is 0 Å². The van der Waals surface area contributed by atoms with Crippen LogP contribution in [0.15, 0.2) is 45.6 Å². The fraction of sp³-hybridized carbons (Fsp3) is 0.308. The maximum absolute atomic E-state index is 13.6. The van der Waals surface area contributed by atoms with Crippen molar-refractivity contribution in [2.24, 2.45) is 5.92 Å². The minimum Gasteiger partial charge on any atom is -0.507 e. The highest BCUT2D eigenvalue weighted by Crippen LogP contribution is 2.42. The summed E-state index contributed by atoms with van der Waals surface area (Å²) in [6, 6.07) is 3.79. The molecule has 0 spiro atoms. The first-order valence-corrected chi connectivity index (χ1v) is 15.0. The molecule has 16 heteroatoms. The highest BCUT2D eigenvalue weighted by atomic mass is 35.5. The summed E-state index contributed by atoms with van der Waals surface area (Å²) in [6.07, 6.45) is 2.95. The predicted molar refractivity (Wildman–Crippen MR) is 146 cm³/mol. The highest BCUT2D eigenvalue weighted by molar-refractivity contribution is 7.86. The van der Waals surface area contributed by atoms with Crippen LogP contribution in [0.1, 0.15) is 46.9 Å². The molecule has 0 amide bonds. The molecule has 0 saturated heterocycles. The van der Waals surface area contributed by atoms with Gasteiger partial charge in [-0.2, -0.15) is 13.4 Å². The van der Waals surface area contributed by atoms with E-state index in [1.54, 1.807) is 6.08 Å². The summed E-state index contributed by atoms with van der Waals surface area (Å²) in [4.78, 5) is 41.0. The number of thiazole rings is 1. The largest absolute Gasteiger partial charge is 0.507 e. The van der Waals surface area contributed by atoms with Gasteiger partial charge in [-0.05, 0) is 25.0 Å². The molecule has 3 rings (SSSR count). The maximum atomic E-state index is 13.6. The third-order valence-corrected chi connectivity index (χ3v) is 7.52. The number of methoxy groups -OCH3 is 1. The zero-order valence-electron chi connectivity index (χ0n) is 22.3. The first kappa shape index (κ1) is 32.8. The Labute approximate surface area is 247 Å². The van der Waals surface area contributed by atoms with Crippen molar-refractivity contribution in [1.82, 2.24) is 4.98 Å². The van der Waals surface area contributed by atoms with Crippen molar-refractivity contribution in [2.45, 2.75) is 32.3 Å². The quantitative estimate of drug-likeness (QED) is 0.0863. The number of aromatic hydroxyl groups is 1. The second kappa shape index (κ2) is 14.0. The summed E-state index contributed by atoms with van der Waals surface area (Å²) >= 11 is 6.86. The predicted octanol–water partition coefficient (Wildman–Crippen LogP) is 5.11. The number of benzene rings is 1. The minimum absolute atomic E-state index is 0.0710. The Bertz CT molecular complexity index is 1670. The third-order valence-electron chi connectivity index (χ3n) is 5.57. The Kier molecular flexibility index (Phi) is 11.0. The maximum Gasteiger partial charge on any atom is 0.350 e. The molecule has 3 aromatic rings. The van der Waals surface area contributed by atoms with Crippen LogP contribution >= 0.6 is 22.9 Å². The van der Waals surface area contributed by atoms with Gasteiger partial charge < -0.3 is 19.0 Å². The standard InChI is InChI=1S/C26H24ClF2NO10S2/c1-13(21(33)20-18(31)12-14(38-25(20)34)7-5-4-6-8-19(32)37-2)22(40-42(3,35)36)23-24(27)30-26(41-23)39-15-9-10-16(28)17(29)11-15/h6,8-13,22,31H,4-5,7H2,1-3H3/b8-6+. The number of halogens is 3. The average molecular weight is 648 g/mol. The van der Waals surface area contributed by atoms with E-state index in [0.717, 1.165) is 30.5 Å². The number of aryl methyl sites for hydroxylation is 1. The number of nitrogens with zero attached hydrogens (tertiary/aromatic N) is 1. The first-order valence-electron chi connectivity index (χ1n) is 12.0. The fourth-order valence-electron chi connectivity index (χ4n) is 3.58. The molecule has 226 valence electrons. The van der Waals surface area contributed by atoms with Crippen molar-refractivity contribution in [3.63, 3.8) is 0 Å². The number of ether oxygens (including phenoxy) is 2. The molecule has 0 bridgehead atoms. The van der Waals surface area contributed by atoms with Crippen LogP contribution in [0, 0.1) is 17.6 Å². The van der Waals surface area contributed by atoms with Crippen LogP contribution in [0.4, 0.5) is 8.78 Å². The number of unbranched alkanes of at least 4 members (excludes halogenated alkanes) is 1. The van der Waals surface area contributed by atoms with Gasteiger partial charge in [0.05, 0.1) is 24.2 Å². The second-order valence-corrected chi connectivity index (χ2v) is 11.7. The number of aromatic nitrogens is 1. The van der Waals surface area contributed by atoms with E-state index in [0.29, 0.717) is 24.2 Å². The van der Waals surface area contributed by atoms with Crippen LogP contribution in [0.25, 0.3) is 0 Å². The van der Waals surface area contributed by atoms with Crippen molar-refractivity contribution in [3.05, 3.63) is 79.8 Å². The summed E-state index contributed by atoms with van der Waals surface area (Å²) in [7, 11) is -2.98. The SMILES string of the molecule is COC(=O)/C=C/CCCc1cc(O)c(C(=O)C(C)C(OS(C)(=O)=O)c2sc(Oc3ccc(F)c(F)c3)nc2Cl)c(=O)o1. The van der Waals surface area contributed by atoms with Gasteiger partial charge in [-0.1, -0.05) is 35.9 Å². The van der Waals surface area contributed by atoms with E-state index in [-0.39, 0.29) is 33.2 Å². The van der Waals surface area contributed by atoms with E-state index in [1.165, 1.54) is 20.1 Å². The summed E-state index contributed by atoms with van der Waals surface area (Å²) in [5.74, 6) is -6.04. The van der Waals surface area contributed by atoms with Crippen LogP contribution in [-0.4, -0.2) is 43.6 Å². The van der Waals surface area contributed by atoms with Crippen molar-refractivity contribution < 1.29 is 50.0 Å². The molecule has 0 aliphatic carbocycles. The molecule has 2 atom stereocenters. The summed E-state index contributed by atoms with van der Waals surface area (Å²) in [6.45, 7) is 1.24. The van der Waals surface area contributed by atoms with Gasteiger partial charge in [-0.25, -0.2) is 18.4 Å². The fourth-order valence-corrected chi connectivity index (χ4v) is 5.59. The Balaban J connectivity index is 1.86. The van der Waals surface area contributed by atoms with Gasteiger partial charge in [-0.15, -0.1) is 0 Å². The lowest BCUT2D eigenvalue weighted by atomic mass is 9.94. The third kappa shape index (κ3) is 8.67. The molecule has 0 aliphatic rings. The van der Waals surface area contributed by atoms with Crippen LogP contribution in [-0.2, 0) is 30.3 Å². The highest BCUT2D eigenvalue weighted by Gasteiger charge is 2.37. The summed E-state index contributed by atoms with van der Waals surface area (Å²) < 4.78 is 71.1. The van der Waals surface area contributed by atoms with Gasteiger partial charge in [-0.3, -0.25) is 8.98 Å². The van der Waals surface area contributed by atoms with Crippen LogP contribution < -0.4 is 10.4 Å². The van der Waals surface area contributed by atoms with Crippen molar-refractivity contribution in [2.75, 3.05) is 13.4 Å². The molecule has 1 N–H and O–H groups in total. The molecule has 2 unspecified atom stereocenters. The number of hydrogen-bond acceptors (Lipinski definition) is 12. The lowest BCUT2D eigenvalue weighted by Crippen LogP contribution is -2.27. The molecule has 0 fully saturated rings. The smallest absolute Gasteiger partial charge is 0.350 e. The molecule has 1 aromatic carbocycles. The number of ketones is 1. The summed E-state index contributed by atoms with van der Waals surface area (Å²) in [5.41, 5.74) is -1.90. The molecule has 42 heavy (non-hydrogen) atoms. The van der Waals surface area contributed by atoms with E-state index in [9.17, 15) is 36.7 Å². The molecular weight excluding hydrogens is 624 g/mol. The monoisotopic (exact) mass is 647 g/mol. The zero-order valence-corrected chi connectivity index (χ0v) is 24.6. The normalized spacial score (nSPS) is 13.2. The Morgan fingerprint density at radius 2 is 1.95 bits per heavy atom. The van der Waals surface area contributed by atoms with Crippen LogP contribution in [0.3, 0.4) is 0 Å². The Hall–Kier alpha value is -3.66. The van der Waals surface area contributed by atoms with E-state index in [4.69, 9.17) is 24.9 Å². The van der Waals surface area contributed by atoms with Crippen LogP contribution in [0.2, 0.25) is 5.15 Å². The number of carbonyl (C=O) groups excluding carboxylic acids is 2. The number of esters is 1. The molecule has 0 saturated carbocycles. The minimum atomic E-state index is -4.22. The molecular formula is C26H24ClF2NO10S2. The first-order chi connectivity index (χ1) is 19.7. The van der Waals surface area contributed by atoms with Gasteiger partial charge in [0.2, 0.25) is 0 Å². The molecule has 0 aliphatic heterocycles. The lowest BCUT2D eigenvalue weighted by Gasteiger charge is -2.21. The number of hydrogen-bond donors (Lipinski definition) is 1. The molecule has 2 aromatic heterocycles. The number of carbonyl (C=O) groups is 2. The van der Waals surface area contributed by atoms with Gasteiger partial charge in [0.25, 0.3) is 15.3 Å². The molecule has 11 nitrogen and oxygen atoms in total. The zero-order chi connectivity index (χ0) is 31.2. The van der Waals surface area contributed by atoms with Crippen molar-refractivity contribution in [3.8, 4) is 16.7 Å². The van der Waals surface area contributed by atoms with E-state index < -0.39 is 62.5 Å². The van der Waals surface area contributed by atoms with Gasteiger partial charge in [0.15, 0.2) is 17.4 Å². The molecule has 2 heterocycles. The number of allylic oxidation sites excluding steroid dienone is 1. The van der Waals surface area contributed by atoms with E-state index >= 15 is 0 Å².